The summed E-state index contributed by atoms with van der Waals surface area (Å²) in [4.78, 5) is 25.8. The lowest BCUT2D eigenvalue weighted by molar-refractivity contribution is -0.132. The summed E-state index contributed by atoms with van der Waals surface area (Å²) in [6.45, 7) is 1.80. The standard InChI is InChI=1S/C23H33N3O4S/c27-20(17-4-2-1-3-5-17)25-18-6-8-19(9-7-18)31(30)23(21(28)26-29)11-10-22(16-23)12-14-24-15-13-22/h6-9,17,24,29H,1-5,10-16H2,(H,25,27)(H,26,28). The number of benzene rings is 1. The average molecular weight is 448 g/mol. The van der Waals surface area contributed by atoms with Crippen molar-refractivity contribution in [1.82, 2.24) is 10.8 Å². The second-order valence-corrected chi connectivity index (χ2v) is 11.3. The summed E-state index contributed by atoms with van der Waals surface area (Å²) < 4.78 is 12.5. The summed E-state index contributed by atoms with van der Waals surface area (Å²) in [7, 11) is 0. The number of anilines is 1. The molecular weight excluding hydrogens is 414 g/mol. The SMILES string of the molecule is O=C(Nc1ccc([S+]([O-])C2(C(=O)NO)CCC3(CCNCC3)C2)cc1)C1CCCCC1. The monoisotopic (exact) mass is 447 g/mol. The van der Waals surface area contributed by atoms with Crippen molar-refractivity contribution in [3.05, 3.63) is 24.3 Å². The summed E-state index contributed by atoms with van der Waals surface area (Å²) >= 11 is -1.61. The fourth-order valence-corrected chi connectivity index (χ4v) is 7.44. The molecular formula is C23H33N3O4S. The quantitative estimate of drug-likeness (QED) is 0.315. The van der Waals surface area contributed by atoms with Crippen LogP contribution in [0.2, 0.25) is 0 Å². The van der Waals surface area contributed by atoms with Gasteiger partial charge in [0, 0.05) is 35.6 Å². The lowest BCUT2D eigenvalue weighted by Gasteiger charge is -2.36. The van der Waals surface area contributed by atoms with Crippen LogP contribution in [0.15, 0.2) is 29.2 Å². The number of hydrogen-bond donors (Lipinski definition) is 4. The molecule has 0 radical (unpaired) electrons. The maximum atomic E-state index is 13.6. The van der Waals surface area contributed by atoms with Crippen LogP contribution in [0, 0.1) is 11.3 Å². The van der Waals surface area contributed by atoms with E-state index in [1.807, 2.05) is 0 Å². The third-order valence-electron chi connectivity index (χ3n) is 7.57. The van der Waals surface area contributed by atoms with Gasteiger partial charge in [0.15, 0.2) is 4.90 Å². The first-order chi connectivity index (χ1) is 15.0. The van der Waals surface area contributed by atoms with Crippen LogP contribution >= 0.6 is 0 Å². The van der Waals surface area contributed by atoms with Gasteiger partial charge in [-0.1, -0.05) is 19.3 Å². The molecule has 2 atom stereocenters. The number of rotatable bonds is 5. The molecule has 2 saturated carbocycles. The second kappa shape index (κ2) is 9.48. The Labute approximate surface area is 186 Å². The Balaban J connectivity index is 1.48. The normalized spacial score (nSPS) is 27.0. The molecule has 1 aromatic rings. The van der Waals surface area contributed by atoms with Crippen LogP contribution in [0.25, 0.3) is 0 Å². The molecule has 170 valence electrons. The zero-order chi connectivity index (χ0) is 21.9. The topological polar surface area (TPSA) is 114 Å². The molecule has 0 bridgehead atoms. The minimum atomic E-state index is -1.61. The van der Waals surface area contributed by atoms with Crippen molar-refractivity contribution in [2.24, 2.45) is 11.3 Å². The van der Waals surface area contributed by atoms with Crippen molar-refractivity contribution in [1.29, 1.82) is 0 Å². The van der Waals surface area contributed by atoms with E-state index in [-0.39, 0.29) is 17.2 Å². The second-order valence-electron chi connectivity index (χ2n) is 9.48. The minimum Gasteiger partial charge on any atom is -0.611 e. The van der Waals surface area contributed by atoms with Crippen LogP contribution in [0.5, 0.6) is 0 Å². The van der Waals surface area contributed by atoms with Crippen molar-refractivity contribution >= 4 is 28.7 Å². The third-order valence-corrected chi connectivity index (χ3v) is 9.51. The molecule has 1 aliphatic heterocycles. The van der Waals surface area contributed by atoms with E-state index in [2.05, 4.69) is 10.6 Å². The fourth-order valence-electron chi connectivity index (χ4n) is 5.67. The zero-order valence-electron chi connectivity index (χ0n) is 18.0. The highest BCUT2D eigenvalue weighted by molar-refractivity contribution is 7.93. The highest BCUT2D eigenvalue weighted by Crippen LogP contribution is 2.54. The molecule has 8 heteroatoms. The van der Waals surface area contributed by atoms with Gasteiger partial charge in [0.05, 0.1) is 0 Å². The Bertz CT molecular complexity index is 791. The van der Waals surface area contributed by atoms with E-state index < -0.39 is 21.8 Å². The first kappa shape index (κ1) is 22.6. The summed E-state index contributed by atoms with van der Waals surface area (Å²) in [5, 5.41) is 15.7. The van der Waals surface area contributed by atoms with Crippen LogP contribution in [0.1, 0.15) is 64.2 Å². The summed E-state index contributed by atoms with van der Waals surface area (Å²) in [5.74, 6) is -0.442. The van der Waals surface area contributed by atoms with Gasteiger partial charge in [-0.25, -0.2) is 5.48 Å². The fraction of sp³-hybridized carbons (Fsp3) is 0.652. The maximum Gasteiger partial charge on any atom is 0.299 e. The predicted octanol–water partition coefficient (Wildman–Crippen LogP) is 3.11. The van der Waals surface area contributed by atoms with Crippen molar-refractivity contribution in [3.8, 4) is 0 Å². The van der Waals surface area contributed by atoms with Gasteiger partial charge in [-0.15, -0.1) is 0 Å². The van der Waals surface area contributed by atoms with Crippen molar-refractivity contribution in [2.75, 3.05) is 18.4 Å². The van der Waals surface area contributed by atoms with E-state index in [9.17, 15) is 19.3 Å². The zero-order valence-corrected chi connectivity index (χ0v) is 18.8. The van der Waals surface area contributed by atoms with E-state index in [0.29, 0.717) is 23.4 Å². The molecule has 4 N–H and O–H groups in total. The van der Waals surface area contributed by atoms with Crippen LogP contribution in [0.4, 0.5) is 5.69 Å². The van der Waals surface area contributed by atoms with Crippen LogP contribution in [0.3, 0.4) is 0 Å². The average Bonchev–Trinajstić information content (AvgIpc) is 3.19. The Morgan fingerprint density at radius 2 is 1.71 bits per heavy atom. The first-order valence-electron chi connectivity index (χ1n) is 11.5. The van der Waals surface area contributed by atoms with E-state index in [1.165, 1.54) is 6.42 Å². The number of hydrogen-bond acceptors (Lipinski definition) is 5. The lowest BCUT2D eigenvalue weighted by Crippen LogP contribution is -2.51. The van der Waals surface area contributed by atoms with Gasteiger partial charge in [0.1, 0.15) is 0 Å². The van der Waals surface area contributed by atoms with Crippen LogP contribution < -0.4 is 16.1 Å². The minimum absolute atomic E-state index is 0.00132. The molecule has 1 heterocycles. The van der Waals surface area contributed by atoms with Gasteiger partial charge >= 0.3 is 0 Å². The van der Waals surface area contributed by atoms with Gasteiger partial charge in [-0.05, 0) is 74.9 Å². The molecule has 3 fully saturated rings. The maximum absolute atomic E-state index is 13.6. The molecule has 3 aliphatic rings. The van der Waals surface area contributed by atoms with E-state index in [0.717, 1.165) is 58.0 Å². The van der Waals surface area contributed by atoms with E-state index >= 15 is 0 Å². The Kier molecular flexibility index (Phi) is 6.91. The molecule has 1 spiro atoms. The van der Waals surface area contributed by atoms with E-state index in [1.54, 1.807) is 29.7 Å². The Morgan fingerprint density at radius 3 is 2.35 bits per heavy atom. The molecule has 31 heavy (non-hydrogen) atoms. The van der Waals surface area contributed by atoms with Gasteiger partial charge < -0.3 is 15.2 Å². The molecule has 2 aliphatic carbocycles. The number of carbonyl (C=O) groups excluding carboxylic acids is 2. The lowest BCUT2D eigenvalue weighted by atomic mass is 9.77. The van der Waals surface area contributed by atoms with Crippen LogP contribution in [-0.4, -0.2) is 39.4 Å². The largest absolute Gasteiger partial charge is 0.611 e. The third kappa shape index (κ3) is 4.62. The highest BCUT2D eigenvalue weighted by Gasteiger charge is 2.60. The van der Waals surface area contributed by atoms with Crippen molar-refractivity contribution < 1.29 is 19.3 Å². The Morgan fingerprint density at radius 1 is 1.03 bits per heavy atom. The highest BCUT2D eigenvalue weighted by atomic mass is 32.2. The first-order valence-corrected chi connectivity index (χ1v) is 12.6. The summed E-state index contributed by atoms with van der Waals surface area (Å²) in [6, 6.07) is 6.97. The number of nitrogens with one attached hydrogen (secondary N) is 3. The molecule has 7 nitrogen and oxygen atoms in total. The summed E-state index contributed by atoms with van der Waals surface area (Å²) in [6.07, 6.45) is 9.02. The molecule has 0 aromatic heterocycles. The van der Waals surface area contributed by atoms with Crippen LogP contribution in [-0.2, 0) is 20.8 Å². The molecule has 2 amide bonds. The molecule has 4 rings (SSSR count). The Hall–Kier alpha value is -1.61. The number of hydroxylamine groups is 1. The molecule has 1 aromatic carbocycles. The number of amides is 2. The summed E-state index contributed by atoms with van der Waals surface area (Å²) in [5.41, 5.74) is 2.47. The van der Waals surface area contributed by atoms with E-state index in [4.69, 9.17) is 0 Å². The van der Waals surface area contributed by atoms with Gasteiger partial charge in [-0.2, -0.15) is 0 Å². The molecule has 2 unspecified atom stereocenters. The van der Waals surface area contributed by atoms with Gasteiger partial charge in [-0.3, -0.25) is 14.8 Å². The smallest absolute Gasteiger partial charge is 0.299 e. The number of carbonyl (C=O) groups is 2. The predicted molar refractivity (Wildman–Crippen MR) is 119 cm³/mol. The van der Waals surface area contributed by atoms with Gasteiger partial charge in [0.2, 0.25) is 10.7 Å². The van der Waals surface area contributed by atoms with Crippen molar-refractivity contribution in [2.45, 2.75) is 73.9 Å². The van der Waals surface area contributed by atoms with Gasteiger partial charge in [0.25, 0.3) is 5.91 Å². The molecule has 1 saturated heterocycles. The number of piperidine rings is 1. The van der Waals surface area contributed by atoms with Crippen molar-refractivity contribution in [3.63, 3.8) is 0 Å².